The van der Waals surface area contributed by atoms with Crippen LogP contribution < -0.4 is 11.1 Å². The Balaban J connectivity index is 1.67. The molecule has 0 aliphatic rings. The van der Waals surface area contributed by atoms with Crippen LogP contribution >= 0.6 is 0 Å². The number of nitrogens with zero attached hydrogens (tertiary/aromatic N) is 1. The van der Waals surface area contributed by atoms with Gasteiger partial charge in [-0.25, -0.2) is 9.79 Å². The minimum absolute atomic E-state index is 0.00861. The number of hydrogen-bond acceptors (Lipinski definition) is 5. The Labute approximate surface area is 177 Å². The number of aliphatic carboxylic acids is 1. The van der Waals surface area contributed by atoms with Crippen LogP contribution in [-0.2, 0) is 16.0 Å². The first kappa shape index (κ1) is 21.4. The van der Waals surface area contributed by atoms with Crippen molar-refractivity contribution in [2.45, 2.75) is 6.42 Å². The molecule has 0 atom stereocenters. The number of carbonyl (C=O) groups excluding carboxylic acids is 2. The number of nitrogen functional groups attached to an aromatic ring is 1. The van der Waals surface area contributed by atoms with Crippen LogP contribution in [-0.4, -0.2) is 41.4 Å². The second-order valence-corrected chi connectivity index (χ2v) is 6.83. The zero-order chi connectivity index (χ0) is 22.4. The topological polar surface area (TPSA) is 146 Å². The summed E-state index contributed by atoms with van der Waals surface area (Å²) < 4.78 is 0. The first-order valence-electron chi connectivity index (χ1n) is 9.35. The number of aliphatic imine (C=N–C) groups is 1. The third-order valence-corrected chi connectivity index (χ3v) is 4.70. The van der Waals surface area contributed by atoms with E-state index in [0.717, 1.165) is 16.3 Å². The van der Waals surface area contributed by atoms with Crippen LogP contribution in [0, 0.1) is 5.41 Å². The van der Waals surface area contributed by atoms with E-state index in [2.05, 4.69) is 10.3 Å². The van der Waals surface area contributed by atoms with E-state index in [-0.39, 0.29) is 36.7 Å². The number of nitrogens with two attached hydrogens (primary N) is 1. The van der Waals surface area contributed by atoms with Gasteiger partial charge in [0.15, 0.2) is 5.78 Å². The lowest BCUT2D eigenvalue weighted by Gasteiger charge is -2.08. The summed E-state index contributed by atoms with van der Waals surface area (Å²) >= 11 is 0. The summed E-state index contributed by atoms with van der Waals surface area (Å²) in [7, 11) is 0. The van der Waals surface area contributed by atoms with Gasteiger partial charge in [-0.3, -0.25) is 15.0 Å². The van der Waals surface area contributed by atoms with Gasteiger partial charge in [0, 0.05) is 23.2 Å². The Hall–Kier alpha value is -4.33. The van der Waals surface area contributed by atoms with Crippen molar-refractivity contribution in [3.63, 3.8) is 0 Å². The Morgan fingerprint density at radius 2 is 1.65 bits per heavy atom. The van der Waals surface area contributed by atoms with E-state index in [4.69, 9.17) is 16.2 Å². The summed E-state index contributed by atoms with van der Waals surface area (Å²) in [4.78, 5) is 37.3. The fourth-order valence-electron chi connectivity index (χ4n) is 3.06. The van der Waals surface area contributed by atoms with Crippen LogP contribution in [0.5, 0.6) is 0 Å². The Morgan fingerprint density at radius 3 is 2.29 bits per heavy atom. The molecule has 0 spiro atoms. The van der Waals surface area contributed by atoms with E-state index in [1.54, 1.807) is 30.3 Å². The predicted octanol–water partition coefficient (Wildman–Crippen LogP) is 2.64. The van der Waals surface area contributed by atoms with Crippen molar-refractivity contribution in [2.75, 3.05) is 11.9 Å². The zero-order valence-electron chi connectivity index (χ0n) is 16.5. The summed E-state index contributed by atoms with van der Waals surface area (Å²) in [6.45, 7) is -0.121. The van der Waals surface area contributed by atoms with Crippen molar-refractivity contribution >= 4 is 46.2 Å². The lowest BCUT2D eigenvalue weighted by molar-refractivity contribution is -0.129. The summed E-state index contributed by atoms with van der Waals surface area (Å²) in [6.07, 6.45) is 0.411. The van der Waals surface area contributed by atoms with Gasteiger partial charge in [0.25, 0.3) is 0 Å². The molecule has 31 heavy (non-hydrogen) atoms. The van der Waals surface area contributed by atoms with Crippen LogP contribution in [0.4, 0.5) is 5.69 Å². The number of anilines is 1. The van der Waals surface area contributed by atoms with Gasteiger partial charge in [0.1, 0.15) is 11.5 Å². The third kappa shape index (κ3) is 5.39. The number of nitrogens with one attached hydrogen (secondary N) is 2. The van der Waals surface area contributed by atoms with Gasteiger partial charge in [-0.05, 0) is 46.7 Å². The van der Waals surface area contributed by atoms with Gasteiger partial charge < -0.3 is 16.2 Å². The predicted molar refractivity (Wildman–Crippen MR) is 119 cm³/mol. The van der Waals surface area contributed by atoms with Crippen molar-refractivity contribution in [3.8, 4) is 0 Å². The number of carbonyl (C=O) groups is 3. The molecule has 3 aromatic carbocycles. The number of carboxylic acid groups (broad SMARTS) is 1. The highest BCUT2D eigenvalue weighted by molar-refractivity contribution is 6.38. The van der Waals surface area contributed by atoms with Crippen molar-refractivity contribution in [1.82, 2.24) is 0 Å². The smallest absolute Gasteiger partial charge is 0.352 e. The molecule has 5 N–H and O–H groups in total. The van der Waals surface area contributed by atoms with Crippen LogP contribution in [0.2, 0.25) is 0 Å². The molecule has 156 valence electrons. The van der Waals surface area contributed by atoms with Crippen molar-refractivity contribution < 1.29 is 19.5 Å². The fraction of sp³-hybridized carbons (Fsp3) is 0.0870. The number of ketones is 1. The molecule has 3 rings (SSSR count). The quantitative estimate of drug-likeness (QED) is 0.183. The number of fused-ring (bicyclic) bond motifs is 1. The first-order chi connectivity index (χ1) is 14.9. The molecular weight excluding hydrogens is 396 g/mol. The van der Waals surface area contributed by atoms with Gasteiger partial charge in [0.2, 0.25) is 6.41 Å². The molecular formula is C23H20N4O4. The van der Waals surface area contributed by atoms with E-state index >= 15 is 0 Å². The molecule has 0 aliphatic carbocycles. The highest BCUT2D eigenvalue weighted by Crippen LogP contribution is 2.19. The SMILES string of the molecule is N=C(N)c1ccc2cc(CC(=O)c3ccc(NCC(=NC=O)C(=O)O)cc3)ccc2c1. The normalized spacial score (nSPS) is 11.2. The number of amidine groups is 1. The molecule has 3 aromatic rings. The van der Waals surface area contributed by atoms with E-state index in [1.165, 1.54) is 0 Å². The van der Waals surface area contributed by atoms with Gasteiger partial charge in [0.05, 0.1) is 6.54 Å². The van der Waals surface area contributed by atoms with Gasteiger partial charge >= 0.3 is 5.97 Å². The Bertz CT molecular complexity index is 1200. The van der Waals surface area contributed by atoms with Gasteiger partial charge in [-0.2, -0.15) is 0 Å². The fourth-order valence-corrected chi connectivity index (χ4v) is 3.06. The second kappa shape index (κ2) is 9.45. The molecule has 0 saturated carbocycles. The zero-order valence-corrected chi connectivity index (χ0v) is 16.5. The number of rotatable bonds is 9. The lowest BCUT2D eigenvalue weighted by atomic mass is 9.99. The number of Topliss-reactive ketones (excluding diaryl/α,β-unsaturated/α-hetero) is 1. The van der Waals surface area contributed by atoms with Crippen LogP contribution in [0.25, 0.3) is 10.8 Å². The average Bonchev–Trinajstić information content (AvgIpc) is 2.76. The number of carboxylic acids is 1. The summed E-state index contributed by atoms with van der Waals surface area (Å²) in [5.74, 6) is -1.33. The summed E-state index contributed by atoms with van der Waals surface area (Å²) in [6, 6.07) is 17.8. The minimum Gasteiger partial charge on any atom is -0.477 e. The van der Waals surface area contributed by atoms with E-state index < -0.39 is 5.97 Å². The molecule has 0 saturated heterocycles. The standard InChI is InChI=1S/C23H20N4O4/c24-22(25)18-4-3-16-9-14(1-2-17(16)11-18)10-21(29)15-5-7-19(8-6-15)26-12-20(23(30)31)27-13-28/h1-9,11,13,26H,10,12H2,(H3,24,25)(H,30,31). The molecule has 0 unspecified atom stereocenters. The van der Waals surface area contributed by atoms with Crippen LogP contribution in [0.3, 0.4) is 0 Å². The van der Waals surface area contributed by atoms with Gasteiger partial charge in [-0.15, -0.1) is 0 Å². The monoisotopic (exact) mass is 416 g/mol. The first-order valence-corrected chi connectivity index (χ1v) is 9.35. The Morgan fingerprint density at radius 1 is 1.00 bits per heavy atom. The molecule has 0 fully saturated rings. The molecule has 0 aliphatic heterocycles. The lowest BCUT2D eigenvalue weighted by Crippen LogP contribution is -2.23. The summed E-state index contributed by atoms with van der Waals surface area (Å²) in [5, 5.41) is 21.2. The van der Waals surface area contributed by atoms with E-state index in [1.807, 2.05) is 30.3 Å². The maximum atomic E-state index is 12.6. The molecule has 8 heteroatoms. The molecule has 0 aromatic heterocycles. The van der Waals surface area contributed by atoms with Crippen LogP contribution in [0.15, 0.2) is 65.7 Å². The highest BCUT2D eigenvalue weighted by Gasteiger charge is 2.11. The van der Waals surface area contributed by atoms with Crippen molar-refractivity contribution in [2.24, 2.45) is 10.7 Å². The maximum absolute atomic E-state index is 12.6. The summed E-state index contributed by atoms with van der Waals surface area (Å²) in [5.41, 5.74) is 7.86. The van der Waals surface area contributed by atoms with E-state index in [0.29, 0.717) is 16.8 Å². The van der Waals surface area contributed by atoms with Crippen molar-refractivity contribution in [3.05, 3.63) is 77.4 Å². The third-order valence-electron chi connectivity index (χ3n) is 4.70. The molecule has 0 radical (unpaired) electrons. The van der Waals surface area contributed by atoms with Gasteiger partial charge in [-0.1, -0.05) is 30.3 Å². The minimum atomic E-state index is -1.28. The number of amides is 1. The average molecular weight is 416 g/mol. The molecule has 8 nitrogen and oxygen atoms in total. The van der Waals surface area contributed by atoms with Crippen LogP contribution in [0.1, 0.15) is 21.5 Å². The molecule has 0 heterocycles. The maximum Gasteiger partial charge on any atom is 0.352 e. The molecule has 1 amide bonds. The van der Waals surface area contributed by atoms with Crippen molar-refractivity contribution in [1.29, 1.82) is 5.41 Å². The largest absolute Gasteiger partial charge is 0.477 e. The van der Waals surface area contributed by atoms with E-state index in [9.17, 15) is 14.4 Å². The highest BCUT2D eigenvalue weighted by atomic mass is 16.4. The number of hydrogen-bond donors (Lipinski definition) is 4. The molecule has 0 bridgehead atoms. The second-order valence-electron chi connectivity index (χ2n) is 6.83. The number of benzene rings is 3. The Kier molecular flexibility index (Phi) is 6.51.